The van der Waals surface area contributed by atoms with Crippen molar-refractivity contribution in [3.05, 3.63) is 48.3 Å². The van der Waals surface area contributed by atoms with Crippen molar-refractivity contribution in [1.82, 2.24) is 25.9 Å². The van der Waals surface area contributed by atoms with Crippen LogP contribution in [0.4, 0.5) is 0 Å². The molecule has 9 heteroatoms. The minimum absolute atomic E-state index is 0.0766. The van der Waals surface area contributed by atoms with Crippen LogP contribution in [0.25, 0.3) is 11.0 Å². The maximum Gasteiger partial charge on any atom is 0.272 e. The quantitative estimate of drug-likeness (QED) is 0.406. The summed E-state index contributed by atoms with van der Waals surface area (Å²) in [6.45, 7) is 6.11. The van der Waals surface area contributed by atoms with Gasteiger partial charge in [0.2, 0.25) is 11.8 Å². The average molecular weight is 423 g/mol. The van der Waals surface area contributed by atoms with Gasteiger partial charge in [0.05, 0.1) is 23.3 Å². The number of aromatic nitrogens is 2. The van der Waals surface area contributed by atoms with Crippen LogP contribution in [0.15, 0.2) is 42.6 Å². The lowest BCUT2D eigenvalue weighted by Gasteiger charge is -2.22. The molecule has 31 heavy (non-hydrogen) atoms. The second-order valence-corrected chi connectivity index (χ2v) is 7.69. The summed E-state index contributed by atoms with van der Waals surface area (Å²) in [5, 5.41) is 7.99. The largest absolute Gasteiger partial charge is 0.356 e. The molecule has 9 nitrogen and oxygen atoms in total. The Morgan fingerprint density at radius 3 is 2.68 bits per heavy atom. The van der Waals surface area contributed by atoms with Gasteiger partial charge in [-0.1, -0.05) is 17.7 Å². The highest BCUT2D eigenvalue weighted by Crippen LogP contribution is 2.16. The summed E-state index contributed by atoms with van der Waals surface area (Å²) in [7, 11) is 0. The molecule has 1 aromatic heterocycles. The van der Waals surface area contributed by atoms with Crippen LogP contribution in [-0.2, 0) is 14.4 Å². The smallest absolute Gasteiger partial charge is 0.272 e. The molecule has 2 aromatic rings. The molecule has 3 rings (SSSR count). The SMILES string of the molecule is C=C(C)C[C@H](NC(=O)c1cnc2ccccc2n1)C(=O)N[C@H](C=O)C[C@@H]1CCNC1=O. The van der Waals surface area contributed by atoms with Crippen LogP contribution >= 0.6 is 0 Å². The molecule has 0 radical (unpaired) electrons. The van der Waals surface area contributed by atoms with Gasteiger partial charge in [0, 0.05) is 12.5 Å². The summed E-state index contributed by atoms with van der Waals surface area (Å²) in [5.41, 5.74) is 1.97. The highest BCUT2D eigenvalue weighted by molar-refractivity contribution is 5.97. The molecule has 162 valence electrons. The minimum Gasteiger partial charge on any atom is -0.356 e. The van der Waals surface area contributed by atoms with Crippen molar-refractivity contribution in [2.75, 3.05) is 6.54 Å². The van der Waals surface area contributed by atoms with E-state index in [1.165, 1.54) is 6.20 Å². The van der Waals surface area contributed by atoms with Crippen LogP contribution in [0, 0.1) is 5.92 Å². The zero-order valence-electron chi connectivity index (χ0n) is 17.3. The molecule has 2 heterocycles. The highest BCUT2D eigenvalue weighted by Gasteiger charge is 2.30. The Hall–Kier alpha value is -3.62. The average Bonchev–Trinajstić information content (AvgIpc) is 3.16. The first kappa shape index (κ1) is 22.1. The van der Waals surface area contributed by atoms with E-state index in [2.05, 4.69) is 32.5 Å². The van der Waals surface area contributed by atoms with Crippen molar-refractivity contribution in [3.63, 3.8) is 0 Å². The predicted octanol–water partition coefficient (Wildman–Crippen LogP) is 0.904. The van der Waals surface area contributed by atoms with Gasteiger partial charge in [-0.25, -0.2) is 4.98 Å². The molecule has 0 saturated carbocycles. The third-order valence-corrected chi connectivity index (χ3v) is 5.05. The molecule has 1 fully saturated rings. The van der Waals surface area contributed by atoms with E-state index in [1.807, 2.05) is 6.07 Å². The Morgan fingerprint density at radius 2 is 2.03 bits per heavy atom. The van der Waals surface area contributed by atoms with Gasteiger partial charge in [-0.2, -0.15) is 0 Å². The lowest BCUT2D eigenvalue weighted by Crippen LogP contribution is -2.50. The van der Waals surface area contributed by atoms with Crippen LogP contribution in [0.5, 0.6) is 0 Å². The van der Waals surface area contributed by atoms with Crippen LogP contribution in [-0.4, -0.2) is 52.6 Å². The number of nitrogens with one attached hydrogen (secondary N) is 3. The fourth-order valence-corrected chi connectivity index (χ4v) is 3.46. The number of hydrogen-bond donors (Lipinski definition) is 3. The van der Waals surface area contributed by atoms with Crippen LogP contribution in [0.3, 0.4) is 0 Å². The Bertz CT molecular complexity index is 1020. The second kappa shape index (κ2) is 9.92. The van der Waals surface area contributed by atoms with Gasteiger partial charge in [0.25, 0.3) is 5.91 Å². The Balaban J connectivity index is 1.69. The summed E-state index contributed by atoms with van der Waals surface area (Å²) in [6, 6.07) is 5.36. The Labute approximate surface area is 179 Å². The van der Waals surface area contributed by atoms with E-state index in [0.29, 0.717) is 35.9 Å². The number of amides is 3. The number of fused-ring (bicyclic) bond motifs is 1. The highest BCUT2D eigenvalue weighted by atomic mass is 16.2. The first-order chi connectivity index (χ1) is 14.9. The van der Waals surface area contributed by atoms with E-state index < -0.39 is 23.9 Å². The molecule has 0 spiro atoms. The molecule has 3 N–H and O–H groups in total. The number of rotatable bonds is 9. The van der Waals surface area contributed by atoms with Crippen molar-refractivity contribution >= 4 is 35.0 Å². The van der Waals surface area contributed by atoms with E-state index in [1.54, 1.807) is 25.1 Å². The van der Waals surface area contributed by atoms with Crippen LogP contribution < -0.4 is 16.0 Å². The van der Waals surface area contributed by atoms with Gasteiger partial charge in [-0.05, 0) is 38.3 Å². The van der Waals surface area contributed by atoms with E-state index >= 15 is 0 Å². The maximum atomic E-state index is 12.8. The van der Waals surface area contributed by atoms with Gasteiger partial charge < -0.3 is 20.7 Å². The van der Waals surface area contributed by atoms with Gasteiger partial charge >= 0.3 is 0 Å². The number of carbonyl (C=O) groups is 4. The van der Waals surface area contributed by atoms with E-state index in [4.69, 9.17) is 0 Å². The third kappa shape index (κ3) is 5.71. The van der Waals surface area contributed by atoms with Crippen LogP contribution in [0.1, 0.15) is 36.7 Å². The zero-order valence-corrected chi connectivity index (χ0v) is 17.3. The van der Waals surface area contributed by atoms with Crippen molar-refractivity contribution in [2.24, 2.45) is 5.92 Å². The number of nitrogens with zero attached hydrogens (tertiary/aromatic N) is 2. The first-order valence-corrected chi connectivity index (χ1v) is 10.1. The summed E-state index contributed by atoms with van der Waals surface area (Å²) < 4.78 is 0. The van der Waals surface area contributed by atoms with E-state index in [0.717, 1.165) is 0 Å². The molecule has 3 amide bonds. The normalized spacial score (nSPS) is 17.5. The predicted molar refractivity (Wildman–Crippen MR) is 114 cm³/mol. The zero-order chi connectivity index (χ0) is 22.4. The number of para-hydroxylation sites is 2. The van der Waals surface area contributed by atoms with Gasteiger partial charge in [0.1, 0.15) is 18.0 Å². The molecule has 0 unspecified atom stereocenters. The lowest BCUT2D eigenvalue weighted by molar-refractivity contribution is -0.127. The molecule has 1 saturated heterocycles. The number of benzene rings is 1. The van der Waals surface area contributed by atoms with Crippen molar-refractivity contribution in [2.45, 2.75) is 38.3 Å². The van der Waals surface area contributed by atoms with Crippen molar-refractivity contribution in [1.29, 1.82) is 0 Å². The molecular formula is C22H25N5O4. The topological polar surface area (TPSA) is 130 Å². The third-order valence-electron chi connectivity index (χ3n) is 5.05. The number of carbonyl (C=O) groups excluding carboxylic acids is 4. The fraction of sp³-hybridized carbons (Fsp3) is 0.364. The minimum atomic E-state index is -0.946. The summed E-state index contributed by atoms with van der Waals surface area (Å²) in [6.07, 6.45) is 2.98. The van der Waals surface area contributed by atoms with Crippen molar-refractivity contribution in [3.8, 4) is 0 Å². The fourth-order valence-electron chi connectivity index (χ4n) is 3.46. The summed E-state index contributed by atoms with van der Waals surface area (Å²) in [5.74, 6) is -1.53. The molecule has 0 aliphatic carbocycles. The number of aldehydes is 1. The van der Waals surface area contributed by atoms with Gasteiger partial charge in [-0.15, -0.1) is 6.58 Å². The molecule has 3 atom stereocenters. The van der Waals surface area contributed by atoms with Crippen molar-refractivity contribution < 1.29 is 19.2 Å². The molecule has 1 aromatic carbocycles. The molecule has 0 bridgehead atoms. The monoisotopic (exact) mass is 423 g/mol. The van der Waals surface area contributed by atoms with Crippen LogP contribution in [0.2, 0.25) is 0 Å². The van der Waals surface area contributed by atoms with E-state index in [-0.39, 0.29) is 30.4 Å². The van der Waals surface area contributed by atoms with Gasteiger partial charge in [0.15, 0.2) is 0 Å². The van der Waals surface area contributed by atoms with E-state index in [9.17, 15) is 19.2 Å². The van der Waals surface area contributed by atoms with Gasteiger partial charge in [-0.3, -0.25) is 19.4 Å². The summed E-state index contributed by atoms with van der Waals surface area (Å²) in [4.78, 5) is 57.3. The summed E-state index contributed by atoms with van der Waals surface area (Å²) >= 11 is 0. The lowest BCUT2D eigenvalue weighted by atomic mass is 9.98. The Morgan fingerprint density at radius 1 is 1.29 bits per heavy atom. The number of hydrogen-bond acceptors (Lipinski definition) is 6. The first-order valence-electron chi connectivity index (χ1n) is 10.1. The second-order valence-electron chi connectivity index (χ2n) is 7.69. The molecular weight excluding hydrogens is 398 g/mol. The standard InChI is InChI=1S/C22H25N5O4/c1-13(2)9-18(21(30)25-15(12-28)10-14-7-8-23-20(14)29)27-22(31)19-11-24-16-5-3-4-6-17(16)26-19/h3-6,11-12,14-15,18H,1,7-10H2,2H3,(H,23,29)(H,25,30)(H,27,31)/t14-,15-,18-/m0/s1. The molecule has 1 aliphatic heterocycles. The molecule has 1 aliphatic rings. The maximum absolute atomic E-state index is 12.8. The Kier molecular flexibility index (Phi) is 7.07.